The molecule has 0 aromatic rings. The van der Waals surface area contributed by atoms with Crippen molar-refractivity contribution in [2.24, 2.45) is 0 Å². The van der Waals surface area contributed by atoms with Gasteiger partial charge in [-0.1, -0.05) is 0 Å². The molecule has 0 saturated heterocycles. The molecule has 0 rings (SSSR count). The monoisotopic (exact) mass is 484 g/mol. The third-order valence-corrected chi connectivity index (χ3v) is 1.90. The molecule has 0 aliphatic heterocycles. The minimum Gasteiger partial charge on any atom is -0.550 e. The summed E-state index contributed by atoms with van der Waals surface area (Å²) in [5.41, 5.74) is 0. The van der Waals surface area contributed by atoms with Crippen molar-refractivity contribution in [2.75, 3.05) is 0 Å². The Bertz CT molecular complexity index is 480. The van der Waals surface area contributed by atoms with Gasteiger partial charge in [-0.2, -0.15) is 0 Å². The maximum absolute atomic E-state index is 9.58. The first-order valence-corrected chi connectivity index (χ1v) is 6.38. The Labute approximate surface area is 230 Å². The zero-order valence-corrected chi connectivity index (χ0v) is 20.3. The number of hydrogen-bond donors (Lipinski definition) is 3. The first kappa shape index (κ1) is 43.4. The zero-order valence-electron chi connectivity index (χ0n) is 15.2. The second-order valence-electron chi connectivity index (χ2n) is 4.23. The number of hydrogen-bond acceptors (Lipinski definition) is 15. The van der Waals surface area contributed by atoms with Crippen LogP contribution in [-0.4, -0.2) is 153 Å². The molecule has 0 spiro atoms. The fraction of sp³-hybridized carbons (Fsp3) is 0.500. The number of carboxylic acids is 6. The number of carbonyl (C=O) groups is 6. The van der Waals surface area contributed by atoms with Crippen LogP contribution in [0.5, 0.6) is 0 Å². The predicted molar refractivity (Wildman–Crippen MR) is 79.2 cm³/mol. The Morgan fingerprint density at radius 2 is 0.633 bits per heavy atom. The second kappa shape index (κ2) is 24.8. The molecular weight excluding hydrogens is 473 g/mol. The molecule has 15 nitrogen and oxygen atoms in total. The van der Waals surface area contributed by atoms with Gasteiger partial charge >= 0.3 is 83.8 Å². The third kappa shape index (κ3) is 35.0. The van der Waals surface area contributed by atoms with Gasteiger partial charge in [0.25, 0.3) is 0 Å². The van der Waals surface area contributed by atoms with Crippen LogP contribution in [0, 0.1) is 0 Å². The van der Waals surface area contributed by atoms with Crippen LogP contribution in [-0.2, 0) is 28.8 Å². The van der Waals surface area contributed by atoms with Gasteiger partial charge in [0, 0.05) is 37.2 Å². The Morgan fingerprint density at radius 3 is 0.667 bits per heavy atom. The number of aliphatic hydroxyl groups is 3. The van der Waals surface area contributed by atoms with Crippen molar-refractivity contribution in [3.05, 3.63) is 0 Å². The Balaban J connectivity index is -0.0000000686. The van der Waals surface area contributed by atoms with E-state index in [9.17, 15) is 59.4 Å². The van der Waals surface area contributed by atoms with E-state index in [0.29, 0.717) is 0 Å². The summed E-state index contributed by atoms with van der Waals surface area (Å²) < 4.78 is 0. The van der Waals surface area contributed by atoms with Gasteiger partial charge in [0.15, 0.2) is 0 Å². The molecule has 30 heavy (non-hydrogen) atoms. The molecule has 156 valence electrons. The Morgan fingerprint density at radius 1 is 0.500 bits per heavy atom. The van der Waals surface area contributed by atoms with Crippen molar-refractivity contribution >= 4 is 120 Å². The van der Waals surface area contributed by atoms with Crippen LogP contribution in [0.4, 0.5) is 0 Å². The summed E-state index contributed by atoms with van der Waals surface area (Å²) in [5.74, 6) is -10.3. The van der Waals surface area contributed by atoms with E-state index >= 15 is 0 Å². The van der Waals surface area contributed by atoms with E-state index in [1.165, 1.54) is 0 Å². The van der Waals surface area contributed by atoms with Crippen LogP contribution in [0.2, 0.25) is 0 Å². The van der Waals surface area contributed by atoms with Gasteiger partial charge in [-0.25, -0.2) is 0 Å². The quantitative estimate of drug-likeness (QED) is 0.255. The van der Waals surface area contributed by atoms with Gasteiger partial charge in [-0.3, -0.25) is 0 Å². The minimum atomic E-state index is -1.96. The summed E-state index contributed by atoms with van der Waals surface area (Å²) in [6.07, 6.45) is -8.67. The number of aliphatic carboxylic acids is 6. The molecule has 0 heterocycles. The average molecular weight is 485 g/mol. The summed E-state index contributed by atoms with van der Waals surface area (Å²) in [7, 11) is 0. The molecule has 3 unspecified atom stereocenters. The smallest absolute Gasteiger partial charge is 0.550 e. The SMILES string of the molecule is O=C([O-])CC(O)C(=O)[O-].O=C([O-])CC(O)C(=O)[O-].O=C([O-])CC(O)C(=O)[O-].[Ca+2].[Mg+2].[Mg+2]. The summed E-state index contributed by atoms with van der Waals surface area (Å²) >= 11 is 0. The van der Waals surface area contributed by atoms with Crippen LogP contribution in [0.3, 0.4) is 0 Å². The standard InChI is InChI=1S/3C4H6O5.Ca.2Mg/c3*5-2(4(8)9)1-3(6)7;;;/h3*2,5H,1H2,(H,6,7)(H,8,9);;;/q;;;3*+2/p-6. The van der Waals surface area contributed by atoms with Gasteiger partial charge in [-0.15, -0.1) is 0 Å². The molecule has 0 amide bonds. The van der Waals surface area contributed by atoms with Gasteiger partial charge < -0.3 is 74.7 Å². The first-order valence-electron chi connectivity index (χ1n) is 6.38. The molecule has 18 heteroatoms. The number of carbonyl (C=O) groups excluding carboxylic acids is 6. The van der Waals surface area contributed by atoms with Crippen molar-refractivity contribution in [3.63, 3.8) is 0 Å². The Kier molecular flexibility index (Phi) is 35.8. The number of aliphatic hydroxyl groups excluding tert-OH is 3. The molecular formula is C12H12CaMg2O15. The maximum Gasteiger partial charge on any atom is 2.00 e. The second-order valence-corrected chi connectivity index (χ2v) is 4.23. The van der Waals surface area contributed by atoms with Crippen LogP contribution in [0.25, 0.3) is 0 Å². The fourth-order valence-electron chi connectivity index (χ4n) is 0.724. The minimum absolute atomic E-state index is 0. The van der Waals surface area contributed by atoms with E-state index in [2.05, 4.69) is 0 Å². The molecule has 0 fully saturated rings. The summed E-state index contributed by atoms with van der Waals surface area (Å²) in [6.45, 7) is 0. The molecule has 0 aliphatic carbocycles. The Hall–Kier alpha value is -0.508. The van der Waals surface area contributed by atoms with Gasteiger partial charge in [0.1, 0.15) is 0 Å². The van der Waals surface area contributed by atoms with Crippen molar-refractivity contribution in [1.82, 2.24) is 0 Å². The first-order chi connectivity index (χ1) is 12.1. The van der Waals surface area contributed by atoms with E-state index in [0.717, 1.165) is 0 Å². The molecule has 0 aromatic carbocycles. The normalized spacial score (nSPS) is 11.3. The summed E-state index contributed by atoms with van der Waals surface area (Å²) in [6, 6.07) is 0. The molecule has 0 aromatic heterocycles. The molecule has 3 atom stereocenters. The van der Waals surface area contributed by atoms with Crippen molar-refractivity contribution in [1.29, 1.82) is 0 Å². The summed E-state index contributed by atoms with van der Waals surface area (Å²) in [4.78, 5) is 57.4. The number of carboxylic acid groups (broad SMARTS) is 6. The molecule has 3 N–H and O–H groups in total. The van der Waals surface area contributed by atoms with Crippen molar-refractivity contribution < 1.29 is 74.7 Å². The van der Waals surface area contributed by atoms with E-state index in [1.54, 1.807) is 0 Å². The van der Waals surface area contributed by atoms with Gasteiger partial charge in [0.2, 0.25) is 0 Å². The van der Waals surface area contributed by atoms with E-state index in [4.69, 9.17) is 15.3 Å². The fourth-order valence-corrected chi connectivity index (χ4v) is 0.724. The molecule has 0 saturated carbocycles. The molecule has 0 bridgehead atoms. The van der Waals surface area contributed by atoms with Crippen LogP contribution in [0.1, 0.15) is 19.3 Å². The van der Waals surface area contributed by atoms with Crippen LogP contribution in [0.15, 0.2) is 0 Å². The largest absolute Gasteiger partial charge is 2.00 e. The average Bonchev–Trinajstić information content (AvgIpc) is 2.46. The third-order valence-electron chi connectivity index (χ3n) is 1.90. The molecule has 0 aliphatic rings. The number of rotatable bonds is 9. The van der Waals surface area contributed by atoms with E-state index in [1.807, 2.05) is 0 Å². The molecule has 0 radical (unpaired) electrons. The topological polar surface area (TPSA) is 301 Å². The van der Waals surface area contributed by atoms with Gasteiger partial charge in [0.05, 0.1) is 36.2 Å². The van der Waals surface area contributed by atoms with Crippen molar-refractivity contribution in [2.45, 2.75) is 37.6 Å². The van der Waals surface area contributed by atoms with Crippen molar-refractivity contribution in [3.8, 4) is 0 Å². The van der Waals surface area contributed by atoms with E-state index in [-0.39, 0.29) is 83.8 Å². The van der Waals surface area contributed by atoms with Crippen LogP contribution < -0.4 is 30.6 Å². The zero-order chi connectivity index (χ0) is 22.3. The van der Waals surface area contributed by atoms with Gasteiger partial charge in [-0.05, 0) is 0 Å². The van der Waals surface area contributed by atoms with E-state index < -0.39 is 73.4 Å². The maximum atomic E-state index is 9.58. The predicted octanol–water partition coefficient (Wildman–Crippen LogP) is -12.4. The van der Waals surface area contributed by atoms with Crippen LogP contribution >= 0.6 is 0 Å². The summed E-state index contributed by atoms with van der Waals surface area (Å²) in [5, 5.41) is 82.0.